The van der Waals surface area contributed by atoms with Crippen molar-refractivity contribution in [1.29, 1.82) is 0 Å². The number of hydrogen-bond donors (Lipinski definition) is 3. The number of rotatable bonds is 1. The number of aliphatic hydroxyl groups is 2. The summed E-state index contributed by atoms with van der Waals surface area (Å²) in [5.41, 5.74) is 4.74. The highest BCUT2D eigenvalue weighted by Crippen LogP contribution is 2.18. The Labute approximate surface area is 75.7 Å². The molecule has 1 amide bonds. The lowest BCUT2D eigenvalue weighted by atomic mass is 10.1. The van der Waals surface area contributed by atoms with Gasteiger partial charge in [-0.3, -0.25) is 4.79 Å². The van der Waals surface area contributed by atoms with E-state index in [0.717, 1.165) is 0 Å². The molecule has 0 bridgehead atoms. The quantitative estimate of drug-likeness (QED) is 0.562. The van der Waals surface area contributed by atoms with Crippen molar-refractivity contribution in [3.63, 3.8) is 0 Å². The Morgan fingerprint density at radius 3 is 2.69 bits per heavy atom. The molecule has 1 atom stereocenters. The van der Waals surface area contributed by atoms with E-state index in [1.54, 1.807) is 6.08 Å². The fourth-order valence-corrected chi connectivity index (χ4v) is 1.10. The molecule has 1 unspecified atom stereocenters. The molecule has 13 heavy (non-hydrogen) atoms. The predicted molar refractivity (Wildman–Crippen MR) is 47.9 cm³/mol. The molecule has 0 saturated carbocycles. The molecule has 1 aliphatic rings. The van der Waals surface area contributed by atoms with E-state index in [4.69, 9.17) is 5.73 Å². The number of nitrogens with two attached hydrogens (primary N) is 1. The maximum absolute atomic E-state index is 10.8. The first-order chi connectivity index (χ1) is 6.02. The van der Waals surface area contributed by atoms with Crippen molar-refractivity contribution in [2.45, 2.75) is 6.92 Å². The molecule has 0 aromatic carbocycles. The van der Waals surface area contributed by atoms with Gasteiger partial charge in [0.15, 0.2) is 0 Å². The summed E-state index contributed by atoms with van der Waals surface area (Å²) in [6, 6.07) is 0. The third-order valence-corrected chi connectivity index (χ3v) is 1.74. The summed E-state index contributed by atoms with van der Waals surface area (Å²) in [6.45, 7) is 1.81. The Hall–Kier alpha value is -1.71. The topological polar surface area (TPSA) is 83.5 Å². The summed E-state index contributed by atoms with van der Waals surface area (Å²) < 4.78 is 0. The zero-order valence-electron chi connectivity index (χ0n) is 7.19. The Morgan fingerprint density at radius 1 is 1.54 bits per heavy atom. The number of allylic oxidation sites excluding steroid dienone is 3. The minimum atomic E-state index is -0.843. The number of carbonyl (C=O) groups is 1. The van der Waals surface area contributed by atoms with Crippen LogP contribution in [0.15, 0.2) is 35.3 Å². The van der Waals surface area contributed by atoms with Crippen LogP contribution >= 0.6 is 0 Å². The number of primary amides is 1. The lowest BCUT2D eigenvalue weighted by Crippen LogP contribution is -2.17. The normalized spacial score (nSPS) is 22.5. The Balaban J connectivity index is 3.21. The minimum absolute atomic E-state index is 0.0426. The second-order valence-corrected chi connectivity index (χ2v) is 2.89. The van der Waals surface area contributed by atoms with E-state index in [1.165, 1.54) is 12.2 Å². The molecule has 0 heterocycles. The number of amides is 1. The van der Waals surface area contributed by atoms with E-state index in [1.807, 2.05) is 6.92 Å². The number of carbonyl (C=O) groups excluding carboxylic acids is 1. The summed E-state index contributed by atoms with van der Waals surface area (Å²) in [6.07, 6.45) is 4.45. The molecule has 0 aliphatic heterocycles. The standard InChI is InChI=1S/C9H11NO3/c1-5-2-3-6(11)8(9(10)13)7(12)4-5/h2-5,11-12H,1H3,(H2,10,13). The number of aliphatic hydroxyl groups excluding tert-OH is 2. The van der Waals surface area contributed by atoms with Crippen LogP contribution in [0.3, 0.4) is 0 Å². The van der Waals surface area contributed by atoms with Gasteiger partial charge in [-0.15, -0.1) is 0 Å². The van der Waals surface area contributed by atoms with Gasteiger partial charge in [0.25, 0.3) is 5.91 Å². The summed E-state index contributed by atoms with van der Waals surface area (Å²) in [7, 11) is 0. The molecule has 4 heteroatoms. The van der Waals surface area contributed by atoms with Crippen LogP contribution in [0, 0.1) is 5.92 Å². The van der Waals surface area contributed by atoms with Gasteiger partial charge in [-0.05, 0) is 18.1 Å². The van der Waals surface area contributed by atoms with Gasteiger partial charge in [0.2, 0.25) is 0 Å². The Morgan fingerprint density at radius 2 is 2.15 bits per heavy atom. The van der Waals surface area contributed by atoms with E-state index >= 15 is 0 Å². The SMILES string of the molecule is CC1C=CC(O)=C(C(N)=O)C(O)=C1. The van der Waals surface area contributed by atoms with Gasteiger partial charge in [0, 0.05) is 0 Å². The van der Waals surface area contributed by atoms with Gasteiger partial charge in [-0.2, -0.15) is 0 Å². The molecule has 4 N–H and O–H groups in total. The lowest BCUT2D eigenvalue weighted by Gasteiger charge is -2.02. The average molecular weight is 181 g/mol. The minimum Gasteiger partial charge on any atom is -0.507 e. The Kier molecular flexibility index (Phi) is 2.41. The second kappa shape index (κ2) is 3.35. The summed E-state index contributed by atoms with van der Waals surface area (Å²) >= 11 is 0. The first kappa shape index (κ1) is 9.38. The van der Waals surface area contributed by atoms with E-state index in [9.17, 15) is 15.0 Å². The van der Waals surface area contributed by atoms with Crippen molar-refractivity contribution >= 4 is 5.91 Å². The van der Waals surface area contributed by atoms with Gasteiger partial charge in [0.05, 0.1) is 0 Å². The maximum Gasteiger partial charge on any atom is 0.256 e. The molecule has 4 nitrogen and oxygen atoms in total. The smallest absolute Gasteiger partial charge is 0.256 e. The highest BCUT2D eigenvalue weighted by Gasteiger charge is 2.17. The third-order valence-electron chi connectivity index (χ3n) is 1.74. The van der Waals surface area contributed by atoms with Crippen molar-refractivity contribution in [3.8, 4) is 0 Å². The van der Waals surface area contributed by atoms with Crippen LogP contribution in [0.2, 0.25) is 0 Å². The molecule has 0 fully saturated rings. The molecule has 0 aromatic heterocycles. The molecule has 0 saturated heterocycles. The molecule has 0 aromatic rings. The second-order valence-electron chi connectivity index (χ2n) is 2.89. The van der Waals surface area contributed by atoms with Crippen LogP contribution in [-0.2, 0) is 4.79 Å². The molecule has 0 spiro atoms. The predicted octanol–water partition coefficient (Wildman–Crippen LogP) is 0.932. The zero-order chi connectivity index (χ0) is 10.0. The number of hydrogen-bond acceptors (Lipinski definition) is 3. The molecular formula is C9H11NO3. The van der Waals surface area contributed by atoms with E-state index in [-0.39, 0.29) is 23.0 Å². The van der Waals surface area contributed by atoms with Crippen molar-refractivity contribution in [1.82, 2.24) is 0 Å². The van der Waals surface area contributed by atoms with Crippen LogP contribution in [0.5, 0.6) is 0 Å². The molecule has 1 aliphatic carbocycles. The Bertz CT molecular complexity index is 326. The van der Waals surface area contributed by atoms with Crippen LogP contribution in [-0.4, -0.2) is 16.1 Å². The van der Waals surface area contributed by atoms with E-state index in [0.29, 0.717) is 0 Å². The van der Waals surface area contributed by atoms with Crippen molar-refractivity contribution in [3.05, 3.63) is 35.3 Å². The summed E-state index contributed by atoms with van der Waals surface area (Å²) in [4.78, 5) is 10.8. The largest absolute Gasteiger partial charge is 0.507 e. The average Bonchev–Trinajstić information content (AvgIpc) is 2.10. The fraction of sp³-hybridized carbons (Fsp3) is 0.222. The van der Waals surface area contributed by atoms with E-state index < -0.39 is 5.91 Å². The van der Waals surface area contributed by atoms with E-state index in [2.05, 4.69) is 0 Å². The van der Waals surface area contributed by atoms with Crippen molar-refractivity contribution < 1.29 is 15.0 Å². The van der Waals surface area contributed by atoms with Crippen molar-refractivity contribution in [2.24, 2.45) is 11.7 Å². The molecule has 70 valence electrons. The summed E-state index contributed by atoms with van der Waals surface area (Å²) in [5, 5.41) is 18.7. The highest BCUT2D eigenvalue weighted by atomic mass is 16.3. The van der Waals surface area contributed by atoms with Crippen molar-refractivity contribution in [2.75, 3.05) is 0 Å². The highest BCUT2D eigenvalue weighted by molar-refractivity contribution is 5.96. The van der Waals surface area contributed by atoms with Gasteiger partial charge >= 0.3 is 0 Å². The monoisotopic (exact) mass is 181 g/mol. The van der Waals surface area contributed by atoms with Crippen LogP contribution < -0.4 is 5.73 Å². The van der Waals surface area contributed by atoms with Crippen LogP contribution in [0.4, 0.5) is 0 Å². The first-order valence-electron chi connectivity index (χ1n) is 3.84. The zero-order valence-corrected chi connectivity index (χ0v) is 7.19. The third kappa shape index (κ3) is 1.90. The maximum atomic E-state index is 10.8. The molecule has 0 radical (unpaired) electrons. The molecular weight excluding hydrogens is 170 g/mol. The van der Waals surface area contributed by atoms with Crippen LogP contribution in [0.1, 0.15) is 6.92 Å². The van der Waals surface area contributed by atoms with Gasteiger partial charge in [-0.25, -0.2) is 0 Å². The fourth-order valence-electron chi connectivity index (χ4n) is 1.10. The van der Waals surface area contributed by atoms with Gasteiger partial charge < -0.3 is 15.9 Å². The lowest BCUT2D eigenvalue weighted by molar-refractivity contribution is -0.114. The molecule has 1 rings (SSSR count). The van der Waals surface area contributed by atoms with Gasteiger partial charge in [-0.1, -0.05) is 13.0 Å². The first-order valence-corrected chi connectivity index (χ1v) is 3.84. The van der Waals surface area contributed by atoms with Gasteiger partial charge in [0.1, 0.15) is 17.1 Å². The van der Waals surface area contributed by atoms with Crippen LogP contribution in [0.25, 0.3) is 0 Å². The summed E-state index contributed by atoms with van der Waals surface area (Å²) in [5.74, 6) is -1.46.